The van der Waals surface area contributed by atoms with Crippen LogP contribution in [-0.4, -0.2) is 45.1 Å². The quantitative estimate of drug-likeness (QED) is 0.773. The number of nitrogens with zero attached hydrogens (tertiary/aromatic N) is 3. The lowest BCUT2D eigenvalue weighted by Crippen LogP contribution is -2.33. The maximum absolute atomic E-state index is 12.7. The van der Waals surface area contributed by atoms with Crippen LogP contribution >= 0.6 is 0 Å². The number of likely N-dealkylation sites (tertiary alicyclic amines) is 1. The third-order valence-electron chi connectivity index (χ3n) is 4.63. The van der Waals surface area contributed by atoms with Gasteiger partial charge in [0.15, 0.2) is 0 Å². The summed E-state index contributed by atoms with van der Waals surface area (Å²) in [4.78, 5) is 19.1. The van der Waals surface area contributed by atoms with Gasteiger partial charge in [-0.15, -0.1) is 0 Å². The SMILES string of the molecule is O=C(Nc1c(-c2ccccc2)nc2ccccn12)N1CCC(CO)C1. The van der Waals surface area contributed by atoms with Crippen LogP contribution in [0.2, 0.25) is 0 Å². The molecule has 4 rings (SSSR count). The molecule has 128 valence electrons. The average Bonchev–Trinajstić information content (AvgIpc) is 3.28. The molecule has 2 amide bonds. The molecule has 0 saturated carbocycles. The van der Waals surface area contributed by atoms with Crippen LogP contribution in [0.5, 0.6) is 0 Å². The van der Waals surface area contributed by atoms with Gasteiger partial charge in [0.1, 0.15) is 17.2 Å². The van der Waals surface area contributed by atoms with Crippen molar-refractivity contribution in [3.63, 3.8) is 0 Å². The molecule has 1 aliphatic rings. The summed E-state index contributed by atoms with van der Waals surface area (Å²) in [5, 5.41) is 12.3. The Kier molecular flexibility index (Phi) is 4.11. The number of aliphatic hydroxyl groups excluding tert-OH is 1. The number of fused-ring (bicyclic) bond motifs is 1. The standard InChI is InChI=1S/C19H20N4O2/c24-13-14-9-11-22(12-14)19(25)21-18-17(15-6-2-1-3-7-15)20-16-8-4-5-10-23(16)18/h1-8,10,14,24H,9,11-13H2,(H,21,25). The van der Waals surface area contributed by atoms with Gasteiger partial charge in [0, 0.05) is 37.4 Å². The van der Waals surface area contributed by atoms with Gasteiger partial charge in [-0.3, -0.25) is 9.72 Å². The normalized spacial score (nSPS) is 17.2. The minimum atomic E-state index is -0.154. The summed E-state index contributed by atoms with van der Waals surface area (Å²) in [5.74, 6) is 0.834. The summed E-state index contributed by atoms with van der Waals surface area (Å²) >= 11 is 0. The number of anilines is 1. The molecular weight excluding hydrogens is 316 g/mol. The van der Waals surface area contributed by atoms with Crippen LogP contribution in [0.3, 0.4) is 0 Å². The van der Waals surface area contributed by atoms with Crippen molar-refractivity contribution >= 4 is 17.5 Å². The Morgan fingerprint density at radius 3 is 2.76 bits per heavy atom. The second kappa shape index (κ2) is 6.57. The number of hydrogen-bond donors (Lipinski definition) is 2. The van der Waals surface area contributed by atoms with E-state index in [1.807, 2.05) is 59.1 Å². The molecular formula is C19H20N4O2. The molecule has 0 bridgehead atoms. The molecule has 1 aliphatic heterocycles. The van der Waals surface area contributed by atoms with Crippen LogP contribution in [0.4, 0.5) is 10.6 Å². The average molecular weight is 336 g/mol. The van der Waals surface area contributed by atoms with Crippen LogP contribution in [-0.2, 0) is 0 Å². The van der Waals surface area contributed by atoms with Crippen molar-refractivity contribution < 1.29 is 9.90 Å². The van der Waals surface area contributed by atoms with E-state index in [-0.39, 0.29) is 18.6 Å². The number of nitrogens with one attached hydrogen (secondary N) is 1. The Bertz CT molecular complexity index is 891. The molecule has 1 aromatic carbocycles. The summed E-state index contributed by atoms with van der Waals surface area (Å²) in [6.45, 7) is 1.36. The lowest BCUT2D eigenvalue weighted by Gasteiger charge is -2.17. The van der Waals surface area contributed by atoms with Crippen LogP contribution in [0, 0.1) is 5.92 Å². The van der Waals surface area contributed by atoms with Crippen molar-refractivity contribution in [1.82, 2.24) is 14.3 Å². The highest BCUT2D eigenvalue weighted by molar-refractivity contribution is 5.93. The van der Waals surface area contributed by atoms with Gasteiger partial charge in [0.25, 0.3) is 0 Å². The fourth-order valence-electron chi connectivity index (χ4n) is 3.26. The number of aromatic nitrogens is 2. The van der Waals surface area contributed by atoms with Crippen LogP contribution in [0.25, 0.3) is 16.9 Å². The minimum absolute atomic E-state index is 0.120. The minimum Gasteiger partial charge on any atom is -0.396 e. The second-order valence-corrected chi connectivity index (χ2v) is 6.32. The van der Waals surface area contributed by atoms with Gasteiger partial charge in [-0.1, -0.05) is 36.4 Å². The second-order valence-electron chi connectivity index (χ2n) is 6.32. The fraction of sp³-hybridized carbons (Fsp3) is 0.263. The molecule has 25 heavy (non-hydrogen) atoms. The molecule has 1 fully saturated rings. The lowest BCUT2D eigenvalue weighted by molar-refractivity contribution is 0.208. The zero-order valence-electron chi connectivity index (χ0n) is 13.8. The molecule has 0 aliphatic carbocycles. The van der Waals surface area contributed by atoms with Gasteiger partial charge in [0.2, 0.25) is 0 Å². The van der Waals surface area contributed by atoms with E-state index in [1.165, 1.54) is 0 Å². The van der Waals surface area contributed by atoms with Gasteiger partial charge < -0.3 is 10.0 Å². The van der Waals surface area contributed by atoms with E-state index in [9.17, 15) is 9.90 Å². The van der Waals surface area contributed by atoms with E-state index in [1.54, 1.807) is 4.90 Å². The summed E-state index contributed by atoms with van der Waals surface area (Å²) in [6, 6.07) is 15.4. The molecule has 3 aromatic rings. The number of rotatable bonds is 3. The topological polar surface area (TPSA) is 69.9 Å². The van der Waals surface area contributed by atoms with E-state index in [2.05, 4.69) is 10.3 Å². The zero-order chi connectivity index (χ0) is 17.2. The van der Waals surface area contributed by atoms with Crippen LogP contribution < -0.4 is 5.32 Å². The Morgan fingerprint density at radius 1 is 1.20 bits per heavy atom. The first-order valence-corrected chi connectivity index (χ1v) is 8.45. The van der Waals surface area contributed by atoms with Crippen molar-refractivity contribution in [2.45, 2.75) is 6.42 Å². The number of carbonyl (C=O) groups excluding carboxylic acids is 1. The number of urea groups is 1. The predicted octanol–water partition coefficient (Wildman–Crippen LogP) is 2.85. The largest absolute Gasteiger partial charge is 0.396 e. The molecule has 6 heteroatoms. The molecule has 0 spiro atoms. The zero-order valence-corrected chi connectivity index (χ0v) is 13.8. The van der Waals surface area contributed by atoms with E-state index in [4.69, 9.17) is 0 Å². The highest BCUT2D eigenvalue weighted by atomic mass is 16.3. The van der Waals surface area contributed by atoms with Crippen LogP contribution in [0.15, 0.2) is 54.7 Å². The molecule has 2 aromatic heterocycles. The Labute approximate surface area is 145 Å². The highest BCUT2D eigenvalue weighted by Gasteiger charge is 2.27. The van der Waals surface area contributed by atoms with Gasteiger partial charge in [-0.25, -0.2) is 9.78 Å². The van der Waals surface area contributed by atoms with Crippen molar-refractivity contribution in [3.05, 3.63) is 54.7 Å². The summed E-state index contributed by atoms with van der Waals surface area (Å²) in [6.07, 6.45) is 2.73. The van der Waals surface area contributed by atoms with Gasteiger partial charge in [-0.2, -0.15) is 0 Å². The van der Waals surface area contributed by atoms with Crippen molar-refractivity contribution in [2.75, 3.05) is 25.0 Å². The molecule has 1 atom stereocenters. The summed E-state index contributed by atoms with van der Waals surface area (Å²) in [7, 11) is 0. The van der Waals surface area contributed by atoms with Crippen molar-refractivity contribution in [1.29, 1.82) is 0 Å². The number of amides is 2. The molecule has 0 radical (unpaired) electrons. The monoisotopic (exact) mass is 336 g/mol. The third-order valence-corrected chi connectivity index (χ3v) is 4.63. The third kappa shape index (κ3) is 2.96. The number of benzene rings is 1. The van der Waals surface area contributed by atoms with Crippen molar-refractivity contribution in [3.8, 4) is 11.3 Å². The van der Waals surface area contributed by atoms with Crippen LogP contribution in [0.1, 0.15) is 6.42 Å². The van der Waals surface area contributed by atoms with Gasteiger partial charge in [-0.05, 0) is 18.6 Å². The summed E-state index contributed by atoms with van der Waals surface area (Å²) < 4.78 is 1.89. The number of hydrogen-bond acceptors (Lipinski definition) is 3. The number of aliphatic hydroxyl groups is 1. The molecule has 1 saturated heterocycles. The molecule has 3 heterocycles. The Hall–Kier alpha value is -2.86. The number of imidazole rings is 1. The lowest BCUT2D eigenvalue weighted by atomic mass is 10.1. The number of pyridine rings is 1. The number of carbonyl (C=O) groups is 1. The predicted molar refractivity (Wildman–Crippen MR) is 96.4 cm³/mol. The Morgan fingerprint density at radius 2 is 2.00 bits per heavy atom. The maximum atomic E-state index is 12.7. The van der Waals surface area contributed by atoms with E-state index < -0.39 is 0 Å². The van der Waals surface area contributed by atoms with E-state index >= 15 is 0 Å². The first-order chi connectivity index (χ1) is 12.3. The smallest absolute Gasteiger partial charge is 0.323 e. The van der Waals surface area contributed by atoms with Gasteiger partial charge >= 0.3 is 6.03 Å². The molecule has 6 nitrogen and oxygen atoms in total. The maximum Gasteiger partial charge on any atom is 0.323 e. The fourth-order valence-corrected chi connectivity index (χ4v) is 3.26. The van der Waals surface area contributed by atoms with E-state index in [0.29, 0.717) is 18.9 Å². The van der Waals surface area contributed by atoms with E-state index in [0.717, 1.165) is 23.3 Å². The first-order valence-electron chi connectivity index (χ1n) is 8.45. The van der Waals surface area contributed by atoms with Gasteiger partial charge in [0.05, 0.1) is 0 Å². The summed E-state index contributed by atoms with van der Waals surface area (Å²) in [5.41, 5.74) is 2.49. The molecule has 1 unspecified atom stereocenters. The first kappa shape index (κ1) is 15.7. The van der Waals surface area contributed by atoms with Crippen molar-refractivity contribution in [2.24, 2.45) is 5.92 Å². The highest BCUT2D eigenvalue weighted by Crippen LogP contribution is 2.29. The Balaban J connectivity index is 1.69. The molecule has 2 N–H and O–H groups in total.